The van der Waals surface area contributed by atoms with Crippen molar-refractivity contribution in [3.05, 3.63) is 29.3 Å². The van der Waals surface area contributed by atoms with Gasteiger partial charge in [-0.15, -0.1) is 0 Å². The van der Waals surface area contributed by atoms with Crippen molar-refractivity contribution in [3.8, 4) is 0 Å². The zero-order chi connectivity index (χ0) is 12.6. The minimum atomic E-state index is 0.527. The van der Waals surface area contributed by atoms with E-state index in [2.05, 4.69) is 63.2 Å². The first kappa shape index (κ1) is 12.4. The highest BCUT2D eigenvalue weighted by Crippen LogP contribution is 2.39. The van der Waals surface area contributed by atoms with Gasteiger partial charge in [0.25, 0.3) is 0 Å². The normalized spacial score (nSPS) is 20.8. The van der Waals surface area contributed by atoms with Crippen LogP contribution in [-0.2, 0) is 0 Å². The molecule has 1 heterocycles. The van der Waals surface area contributed by atoms with Crippen molar-refractivity contribution in [1.82, 2.24) is 5.32 Å². The van der Waals surface area contributed by atoms with Crippen molar-refractivity contribution in [2.75, 3.05) is 18.5 Å². The van der Waals surface area contributed by atoms with Gasteiger partial charge in [0, 0.05) is 30.2 Å². The Hall–Kier alpha value is -1.02. The minimum absolute atomic E-state index is 0.527. The molecule has 0 saturated carbocycles. The molecule has 1 aliphatic heterocycles. The molecule has 1 N–H and O–H groups in total. The standard InChI is InChI=1S/C15H24N2/c1-10(2)17-9-14(12(4)16-5)13-8-11(3)6-7-15(13)17/h6-8,10,12,14,16H,9H2,1-5H3. The molecule has 0 radical (unpaired) electrons. The number of aryl methyl sites for hydroxylation is 1. The van der Waals surface area contributed by atoms with Crippen LogP contribution < -0.4 is 10.2 Å². The molecule has 0 aliphatic carbocycles. The van der Waals surface area contributed by atoms with E-state index in [0.29, 0.717) is 18.0 Å². The summed E-state index contributed by atoms with van der Waals surface area (Å²) in [7, 11) is 2.05. The summed E-state index contributed by atoms with van der Waals surface area (Å²) in [5, 5.41) is 3.40. The van der Waals surface area contributed by atoms with Crippen molar-refractivity contribution in [2.45, 2.75) is 45.7 Å². The summed E-state index contributed by atoms with van der Waals surface area (Å²) in [5.74, 6) is 0.609. The third kappa shape index (κ3) is 2.19. The van der Waals surface area contributed by atoms with Crippen LogP contribution >= 0.6 is 0 Å². The Balaban J connectivity index is 2.41. The molecule has 2 rings (SSSR count). The van der Waals surface area contributed by atoms with Crippen LogP contribution in [0.4, 0.5) is 5.69 Å². The van der Waals surface area contributed by atoms with E-state index in [-0.39, 0.29) is 0 Å². The summed E-state index contributed by atoms with van der Waals surface area (Å²) in [4.78, 5) is 2.52. The Morgan fingerprint density at radius 1 is 1.29 bits per heavy atom. The molecule has 0 amide bonds. The Kier molecular flexibility index (Phi) is 3.43. The fourth-order valence-corrected chi connectivity index (χ4v) is 2.76. The minimum Gasteiger partial charge on any atom is -0.368 e. The maximum absolute atomic E-state index is 3.40. The van der Waals surface area contributed by atoms with Crippen LogP contribution in [0.1, 0.15) is 37.8 Å². The molecule has 0 fully saturated rings. The van der Waals surface area contributed by atoms with Crippen molar-refractivity contribution in [3.63, 3.8) is 0 Å². The highest BCUT2D eigenvalue weighted by atomic mass is 15.2. The molecular weight excluding hydrogens is 208 g/mol. The van der Waals surface area contributed by atoms with Crippen LogP contribution in [0.5, 0.6) is 0 Å². The highest BCUT2D eigenvalue weighted by Gasteiger charge is 2.32. The van der Waals surface area contributed by atoms with Gasteiger partial charge in [-0.2, -0.15) is 0 Å². The van der Waals surface area contributed by atoms with Crippen LogP contribution in [0.3, 0.4) is 0 Å². The lowest BCUT2D eigenvalue weighted by molar-refractivity contribution is 0.500. The lowest BCUT2D eigenvalue weighted by Crippen LogP contribution is -2.35. The van der Waals surface area contributed by atoms with E-state index in [4.69, 9.17) is 0 Å². The zero-order valence-electron chi connectivity index (χ0n) is 11.6. The van der Waals surface area contributed by atoms with Crippen molar-refractivity contribution in [1.29, 1.82) is 0 Å². The van der Waals surface area contributed by atoms with Gasteiger partial charge in [0.15, 0.2) is 0 Å². The number of nitrogens with one attached hydrogen (secondary N) is 1. The number of fused-ring (bicyclic) bond motifs is 1. The topological polar surface area (TPSA) is 15.3 Å². The second-order valence-electron chi connectivity index (χ2n) is 5.49. The van der Waals surface area contributed by atoms with Gasteiger partial charge >= 0.3 is 0 Å². The van der Waals surface area contributed by atoms with Gasteiger partial charge in [-0.25, -0.2) is 0 Å². The summed E-state index contributed by atoms with van der Waals surface area (Å²) < 4.78 is 0. The molecular formula is C15H24N2. The first-order valence-electron chi connectivity index (χ1n) is 6.59. The number of likely N-dealkylation sites (N-methyl/N-ethyl adjacent to an activating group) is 1. The van der Waals surface area contributed by atoms with E-state index in [1.807, 2.05) is 0 Å². The Labute approximate surface area is 105 Å². The van der Waals surface area contributed by atoms with E-state index in [1.165, 1.54) is 16.8 Å². The quantitative estimate of drug-likeness (QED) is 0.862. The van der Waals surface area contributed by atoms with E-state index in [9.17, 15) is 0 Å². The highest BCUT2D eigenvalue weighted by molar-refractivity contribution is 5.62. The van der Waals surface area contributed by atoms with E-state index >= 15 is 0 Å². The summed E-state index contributed by atoms with van der Waals surface area (Å²) in [6, 6.07) is 7.97. The number of rotatable bonds is 3. The van der Waals surface area contributed by atoms with Gasteiger partial charge in [-0.05, 0) is 46.4 Å². The summed E-state index contributed by atoms with van der Waals surface area (Å²) in [6.07, 6.45) is 0. The number of hydrogen-bond donors (Lipinski definition) is 1. The maximum Gasteiger partial charge on any atom is 0.0405 e. The van der Waals surface area contributed by atoms with Crippen LogP contribution in [-0.4, -0.2) is 25.7 Å². The average Bonchev–Trinajstić information content (AvgIpc) is 2.66. The molecule has 0 saturated heterocycles. The number of nitrogens with zero attached hydrogens (tertiary/aromatic N) is 1. The molecule has 94 valence electrons. The maximum atomic E-state index is 3.40. The first-order chi connectivity index (χ1) is 8.04. The van der Waals surface area contributed by atoms with E-state index in [1.54, 1.807) is 0 Å². The molecule has 1 aliphatic rings. The number of anilines is 1. The van der Waals surface area contributed by atoms with Gasteiger partial charge < -0.3 is 10.2 Å². The van der Waals surface area contributed by atoms with Gasteiger partial charge in [-0.3, -0.25) is 0 Å². The smallest absolute Gasteiger partial charge is 0.0405 e. The second-order valence-corrected chi connectivity index (χ2v) is 5.49. The molecule has 2 atom stereocenters. The monoisotopic (exact) mass is 232 g/mol. The third-order valence-corrected chi connectivity index (χ3v) is 3.97. The summed E-state index contributed by atoms with van der Waals surface area (Å²) in [6.45, 7) is 10.1. The molecule has 0 aromatic heterocycles. The van der Waals surface area contributed by atoms with Crippen molar-refractivity contribution >= 4 is 5.69 Å². The van der Waals surface area contributed by atoms with Gasteiger partial charge in [0.1, 0.15) is 0 Å². The molecule has 1 aromatic rings. The van der Waals surface area contributed by atoms with Crippen LogP contribution in [0.2, 0.25) is 0 Å². The first-order valence-corrected chi connectivity index (χ1v) is 6.59. The van der Waals surface area contributed by atoms with Crippen LogP contribution in [0.25, 0.3) is 0 Å². The SMILES string of the molecule is CNC(C)C1CN(C(C)C)c2ccc(C)cc21. The Bertz CT molecular complexity index is 398. The molecule has 1 aromatic carbocycles. The predicted molar refractivity (Wildman–Crippen MR) is 74.9 cm³/mol. The molecule has 2 nitrogen and oxygen atoms in total. The lowest BCUT2D eigenvalue weighted by Gasteiger charge is -2.25. The molecule has 2 heteroatoms. The Morgan fingerprint density at radius 3 is 2.59 bits per heavy atom. The molecule has 0 bridgehead atoms. The largest absolute Gasteiger partial charge is 0.368 e. The fraction of sp³-hybridized carbons (Fsp3) is 0.600. The van der Waals surface area contributed by atoms with Gasteiger partial charge in [0.2, 0.25) is 0 Å². The second kappa shape index (κ2) is 4.69. The average molecular weight is 232 g/mol. The van der Waals surface area contributed by atoms with Crippen molar-refractivity contribution in [2.24, 2.45) is 0 Å². The van der Waals surface area contributed by atoms with Gasteiger partial charge in [0.05, 0.1) is 0 Å². The molecule has 2 unspecified atom stereocenters. The van der Waals surface area contributed by atoms with E-state index in [0.717, 1.165) is 6.54 Å². The zero-order valence-corrected chi connectivity index (χ0v) is 11.6. The number of hydrogen-bond acceptors (Lipinski definition) is 2. The third-order valence-electron chi connectivity index (χ3n) is 3.97. The lowest BCUT2D eigenvalue weighted by atomic mass is 9.93. The molecule has 17 heavy (non-hydrogen) atoms. The van der Waals surface area contributed by atoms with Gasteiger partial charge in [-0.1, -0.05) is 17.7 Å². The van der Waals surface area contributed by atoms with Crippen molar-refractivity contribution < 1.29 is 0 Å². The van der Waals surface area contributed by atoms with Crippen LogP contribution in [0, 0.1) is 6.92 Å². The predicted octanol–water partition coefficient (Wildman–Crippen LogP) is 2.91. The Morgan fingerprint density at radius 2 is 2.00 bits per heavy atom. The molecule has 0 spiro atoms. The van der Waals surface area contributed by atoms with Crippen LogP contribution in [0.15, 0.2) is 18.2 Å². The fourth-order valence-electron chi connectivity index (χ4n) is 2.76. The summed E-state index contributed by atoms with van der Waals surface area (Å²) in [5.41, 5.74) is 4.31. The number of benzene rings is 1. The van der Waals surface area contributed by atoms with E-state index < -0.39 is 0 Å². The summed E-state index contributed by atoms with van der Waals surface area (Å²) >= 11 is 0.